The van der Waals surface area contributed by atoms with Gasteiger partial charge in [-0.2, -0.15) is 5.10 Å². The van der Waals surface area contributed by atoms with Gasteiger partial charge in [-0.3, -0.25) is 9.59 Å². The summed E-state index contributed by atoms with van der Waals surface area (Å²) in [4.78, 5) is 23.1. The average Bonchev–Trinajstić information content (AvgIpc) is 2.54. The number of methoxy groups -OCH3 is 1. The van der Waals surface area contributed by atoms with Gasteiger partial charge in [0.2, 0.25) is 0 Å². The van der Waals surface area contributed by atoms with Crippen LogP contribution in [0.25, 0.3) is 0 Å². The van der Waals surface area contributed by atoms with Gasteiger partial charge in [-0.25, -0.2) is 4.68 Å². The molecule has 0 aliphatic carbocycles. The Morgan fingerprint density at radius 1 is 1.32 bits per heavy atom. The predicted molar refractivity (Wildman–Crippen MR) is 81.7 cm³/mol. The molecule has 1 amide bonds. The fourth-order valence-corrected chi connectivity index (χ4v) is 1.73. The highest BCUT2D eigenvalue weighted by Gasteiger charge is 2.06. The fraction of sp³-hybridized carbons (Fsp3) is 0.188. The van der Waals surface area contributed by atoms with Crippen LogP contribution in [0.3, 0.4) is 0 Å². The lowest BCUT2D eigenvalue weighted by molar-refractivity contribution is 0.0951. The Labute approximate surface area is 127 Å². The van der Waals surface area contributed by atoms with E-state index in [1.165, 1.54) is 19.2 Å². The van der Waals surface area contributed by atoms with E-state index >= 15 is 0 Å². The van der Waals surface area contributed by atoms with Crippen LogP contribution in [-0.4, -0.2) is 29.3 Å². The number of nitrogens with zero attached hydrogens (tertiary/aromatic N) is 2. The molecule has 2 aromatic rings. The lowest BCUT2D eigenvalue weighted by Crippen LogP contribution is -2.28. The van der Waals surface area contributed by atoms with E-state index in [0.717, 1.165) is 10.2 Å². The van der Waals surface area contributed by atoms with Gasteiger partial charge in [-0.05, 0) is 18.2 Å². The van der Waals surface area contributed by atoms with Crippen LogP contribution >= 0.6 is 0 Å². The topological polar surface area (TPSA) is 73.2 Å². The standard InChI is InChI=1S/C16H15N3O3/c1-19-15(20)10-9-13(18-19)16(21)17-11-5-7-12-6-3-4-8-14(12)22-2/h3-4,6,8-10H,11H2,1-2H3,(H,17,21). The van der Waals surface area contributed by atoms with Crippen molar-refractivity contribution in [2.45, 2.75) is 0 Å². The molecule has 1 N–H and O–H groups in total. The molecular formula is C16H15N3O3. The second kappa shape index (κ2) is 7.09. The van der Waals surface area contributed by atoms with Crippen molar-refractivity contribution in [2.24, 2.45) is 7.05 Å². The van der Waals surface area contributed by atoms with Crippen LogP contribution in [0.1, 0.15) is 16.1 Å². The second-order valence-electron chi connectivity index (χ2n) is 4.37. The normalized spacial score (nSPS) is 9.55. The molecular weight excluding hydrogens is 282 g/mol. The number of hydrogen-bond acceptors (Lipinski definition) is 4. The van der Waals surface area contributed by atoms with E-state index in [9.17, 15) is 9.59 Å². The summed E-state index contributed by atoms with van der Waals surface area (Å²) in [6, 6.07) is 10.0. The maximum absolute atomic E-state index is 11.9. The number of aryl methyl sites for hydroxylation is 1. The largest absolute Gasteiger partial charge is 0.495 e. The maximum Gasteiger partial charge on any atom is 0.272 e. The van der Waals surface area contributed by atoms with Crippen LogP contribution in [0.5, 0.6) is 5.75 Å². The Kier molecular flexibility index (Phi) is 4.94. The summed E-state index contributed by atoms with van der Waals surface area (Å²) in [6.07, 6.45) is 0. The quantitative estimate of drug-likeness (QED) is 0.841. The molecule has 0 saturated carbocycles. The minimum Gasteiger partial charge on any atom is -0.495 e. The van der Waals surface area contributed by atoms with Gasteiger partial charge in [-0.1, -0.05) is 24.0 Å². The molecule has 22 heavy (non-hydrogen) atoms. The van der Waals surface area contributed by atoms with Crippen molar-refractivity contribution >= 4 is 5.91 Å². The van der Waals surface area contributed by atoms with Crippen LogP contribution < -0.4 is 15.6 Å². The Morgan fingerprint density at radius 3 is 2.82 bits per heavy atom. The summed E-state index contributed by atoms with van der Waals surface area (Å²) in [5.41, 5.74) is 0.646. The molecule has 0 bridgehead atoms. The fourth-order valence-electron chi connectivity index (χ4n) is 1.73. The Hall–Kier alpha value is -3.07. The van der Waals surface area contributed by atoms with E-state index in [4.69, 9.17) is 4.74 Å². The molecule has 1 heterocycles. The first-order chi connectivity index (χ1) is 10.6. The molecule has 6 heteroatoms. The van der Waals surface area contributed by atoms with Gasteiger partial charge in [0.15, 0.2) is 0 Å². The zero-order valence-electron chi connectivity index (χ0n) is 12.3. The number of carbonyl (C=O) groups excluding carboxylic acids is 1. The molecule has 0 saturated heterocycles. The molecule has 0 fully saturated rings. The SMILES string of the molecule is COc1ccccc1C#CCNC(=O)c1ccc(=O)n(C)n1. The van der Waals surface area contributed by atoms with Crippen LogP contribution in [0, 0.1) is 11.8 Å². The van der Waals surface area contributed by atoms with Gasteiger partial charge in [0.05, 0.1) is 19.2 Å². The molecule has 1 aromatic heterocycles. The minimum absolute atomic E-state index is 0.168. The first-order valence-corrected chi connectivity index (χ1v) is 6.56. The van der Waals surface area contributed by atoms with Crippen molar-refractivity contribution in [1.82, 2.24) is 15.1 Å². The first-order valence-electron chi connectivity index (χ1n) is 6.56. The lowest BCUT2D eigenvalue weighted by atomic mass is 10.2. The number of ether oxygens (including phenoxy) is 1. The monoisotopic (exact) mass is 297 g/mol. The molecule has 0 radical (unpaired) electrons. The van der Waals surface area contributed by atoms with Gasteiger partial charge in [0.25, 0.3) is 11.5 Å². The number of para-hydroxylation sites is 1. The predicted octanol–water partition coefficient (Wildman–Crippen LogP) is 0.570. The smallest absolute Gasteiger partial charge is 0.272 e. The average molecular weight is 297 g/mol. The number of aromatic nitrogens is 2. The molecule has 6 nitrogen and oxygen atoms in total. The summed E-state index contributed by atoms with van der Waals surface area (Å²) >= 11 is 0. The van der Waals surface area contributed by atoms with Gasteiger partial charge in [-0.15, -0.1) is 0 Å². The maximum atomic E-state index is 11.9. The van der Waals surface area contributed by atoms with Gasteiger partial charge >= 0.3 is 0 Å². The van der Waals surface area contributed by atoms with Crippen LogP contribution in [0.15, 0.2) is 41.2 Å². The zero-order chi connectivity index (χ0) is 15.9. The summed E-state index contributed by atoms with van der Waals surface area (Å²) in [5.74, 6) is 6.07. The van der Waals surface area contributed by atoms with Gasteiger partial charge in [0, 0.05) is 13.1 Å². The number of rotatable bonds is 3. The molecule has 0 aliphatic rings. The van der Waals surface area contributed by atoms with Crippen molar-refractivity contribution in [2.75, 3.05) is 13.7 Å². The molecule has 0 aliphatic heterocycles. The molecule has 2 rings (SSSR count). The number of carbonyl (C=O) groups is 1. The minimum atomic E-state index is -0.384. The van der Waals surface area contributed by atoms with E-state index in [1.807, 2.05) is 24.3 Å². The molecule has 1 aromatic carbocycles. The highest BCUT2D eigenvalue weighted by atomic mass is 16.5. The number of amides is 1. The van der Waals surface area contributed by atoms with E-state index in [2.05, 4.69) is 22.3 Å². The third-order valence-corrected chi connectivity index (χ3v) is 2.86. The molecule has 112 valence electrons. The molecule has 0 unspecified atom stereocenters. The van der Waals surface area contributed by atoms with E-state index in [1.54, 1.807) is 7.11 Å². The van der Waals surface area contributed by atoms with Crippen molar-refractivity contribution < 1.29 is 9.53 Å². The van der Waals surface area contributed by atoms with Gasteiger partial charge < -0.3 is 10.1 Å². The summed E-state index contributed by atoms with van der Waals surface area (Å²) in [5, 5.41) is 6.48. The number of nitrogens with one attached hydrogen (secondary N) is 1. The van der Waals surface area contributed by atoms with Crippen molar-refractivity contribution in [1.29, 1.82) is 0 Å². The number of hydrogen-bond donors (Lipinski definition) is 1. The van der Waals surface area contributed by atoms with Crippen molar-refractivity contribution in [3.05, 3.63) is 58.0 Å². The Bertz CT molecular complexity index is 800. The Morgan fingerprint density at radius 2 is 2.09 bits per heavy atom. The summed E-state index contributed by atoms with van der Waals surface area (Å²) in [7, 11) is 3.06. The first kappa shape index (κ1) is 15.3. The third-order valence-electron chi connectivity index (χ3n) is 2.86. The van der Waals surface area contributed by atoms with Crippen molar-refractivity contribution in [3.8, 4) is 17.6 Å². The van der Waals surface area contributed by atoms with Crippen LogP contribution in [0.2, 0.25) is 0 Å². The summed E-state index contributed by atoms with van der Waals surface area (Å²) in [6.45, 7) is 0.168. The summed E-state index contributed by atoms with van der Waals surface area (Å²) < 4.78 is 6.29. The molecule has 0 atom stereocenters. The van der Waals surface area contributed by atoms with Crippen molar-refractivity contribution in [3.63, 3.8) is 0 Å². The third kappa shape index (κ3) is 3.73. The van der Waals surface area contributed by atoms with E-state index in [-0.39, 0.29) is 23.7 Å². The van der Waals surface area contributed by atoms with Crippen LogP contribution in [0.4, 0.5) is 0 Å². The Balaban J connectivity index is 1.99. The lowest BCUT2D eigenvalue weighted by Gasteiger charge is -2.02. The highest BCUT2D eigenvalue weighted by molar-refractivity contribution is 5.92. The molecule has 0 spiro atoms. The highest BCUT2D eigenvalue weighted by Crippen LogP contribution is 2.15. The zero-order valence-corrected chi connectivity index (χ0v) is 12.3. The van der Waals surface area contributed by atoms with Crippen LogP contribution in [-0.2, 0) is 7.05 Å². The van der Waals surface area contributed by atoms with E-state index in [0.29, 0.717) is 5.75 Å². The second-order valence-corrected chi connectivity index (χ2v) is 4.37. The van der Waals surface area contributed by atoms with E-state index < -0.39 is 0 Å². The number of benzene rings is 1. The van der Waals surface area contributed by atoms with Gasteiger partial charge in [0.1, 0.15) is 11.4 Å².